The molecule has 0 bridgehead atoms. The van der Waals surface area contributed by atoms with Gasteiger partial charge in [-0.1, -0.05) is 6.07 Å². The molecule has 4 heterocycles. The second-order valence-electron chi connectivity index (χ2n) is 6.47. The van der Waals surface area contributed by atoms with Crippen molar-refractivity contribution in [2.45, 2.75) is 32.4 Å². The number of likely N-dealkylation sites (tertiary alicyclic amines) is 1. The number of nitrogens with one attached hydrogen (secondary N) is 2. The average molecular weight is 334 g/mol. The summed E-state index contributed by atoms with van der Waals surface area (Å²) in [6.45, 7) is 3.99. The van der Waals surface area contributed by atoms with Gasteiger partial charge in [0.05, 0.1) is 6.33 Å². The van der Waals surface area contributed by atoms with E-state index in [1.165, 1.54) is 18.4 Å². The van der Waals surface area contributed by atoms with E-state index in [2.05, 4.69) is 42.3 Å². The van der Waals surface area contributed by atoms with Crippen LogP contribution in [0, 0.1) is 6.92 Å². The molecule has 3 aromatic rings. The fraction of sp³-hybridized carbons (Fsp3) is 0.316. The van der Waals surface area contributed by atoms with E-state index in [-0.39, 0.29) is 0 Å². The van der Waals surface area contributed by atoms with Crippen LogP contribution in [0.3, 0.4) is 0 Å². The fourth-order valence-electron chi connectivity index (χ4n) is 3.45. The lowest BCUT2D eigenvalue weighted by atomic mass is 10.1. The normalized spacial score (nSPS) is 17.7. The van der Waals surface area contributed by atoms with Gasteiger partial charge in [0, 0.05) is 36.4 Å². The van der Waals surface area contributed by atoms with Crippen LogP contribution in [0.5, 0.6) is 0 Å². The zero-order valence-corrected chi connectivity index (χ0v) is 14.3. The number of anilines is 2. The molecule has 3 aromatic heterocycles. The van der Waals surface area contributed by atoms with Crippen LogP contribution < -0.4 is 5.32 Å². The molecule has 128 valence electrons. The van der Waals surface area contributed by atoms with E-state index >= 15 is 0 Å². The van der Waals surface area contributed by atoms with Crippen LogP contribution in [-0.2, 0) is 6.54 Å². The molecule has 0 unspecified atom stereocenters. The zero-order chi connectivity index (χ0) is 17.1. The van der Waals surface area contributed by atoms with Crippen molar-refractivity contribution in [2.24, 2.45) is 0 Å². The molecule has 1 aliphatic rings. The summed E-state index contributed by atoms with van der Waals surface area (Å²) >= 11 is 0. The Morgan fingerprint density at radius 2 is 2.24 bits per heavy atom. The molecule has 1 atom stereocenters. The first-order chi connectivity index (χ1) is 12.3. The van der Waals surface area contributed by atoms with Crippen LogP contribution in [0.4, 0.5) is 11.6 Å². The fourth-order valence-corrected chi connectivity index (χ4v) is 3.45. The van der Waals surface area contributed by atoms with E-state index in [9.17, 15) is 0 Å². The first-order valence-electron chi connectivity index (χ1n) is 8.66. The molecular formula is C19H22N6. The van der Waals surface area contributed by atoms with E-state index in [1.807, 2.05) is 37.5 Å². The topological polar surface area (TPSA) is 69.7 Å². The number of aromatic amines is 1. The molecule has 1 saturated heterocycles. The van der Waals surface area contributed by atoms with E-state index in [4.69, 9.17) is 0 Å². The van der Waals surface area contributed by atoms with Crippen LogP contribution in [-0.4, -0.2) is 31.4 Å². The number of imidazole rings is 1. The van der Waals surface area contributed by atoms with Crippen LogP contribution in [0.25, 0.3) is 0 Å². The monoisotopic (exact) mass is 334 g/mol. The lowest BCUT2D eigenvalue weighted by Gasteiger charge is -2.24. The molecule has 25 heavy (non-hydrogen) atoms. The largest absolute Gasteiger partial charge is 0.347 e. The van der Waals surface area contributed by atoms with E-state index < -0.39 is 0 Å². The summed E-state index contributed by atoms with van der Waals surface area (Å²) in [5, 5.41) is 3.31. The molecule has 1 aliphatic heterocycles. The Hall–Kier alpha value is -2.73. The highest BCUT2D eigenvalue weighted by Crippen LogP contribution is 2.33. The molecule has 4 rings (SSSR count). The maximum absolute atomic E-state index is 4.49. The van der Waals surface area contributed by atoms with Gasteiger partial charge in [-0.3, -0.25) is 4.90 Å². The van der Waals surface area contributed by atoms with Crippen molar-refractivity contribution in [1.82, 2.24) is 24.8 Å². The SMILES string of the molecule is Cc1cccc(Nc2cc([C@H]3CCCN3Cc3cnc[nH]3)ccn2)n1. The number of pyridine rings is 2. The molecule has 0 aliphatic carbocycles. The summed E-state index contributed by atoms with van der Waals surface area (Å²) < 4.78 is 0. The quantitative estimate of drug-likeness (QED) is 0.746. The number of hydrogen-bond donors (Lipinski definition) is 2. The Bertz CT molecular complexity index is 829. The van der Waals surface area contributed by atoms with Gasteiger partial charge in [0.2, 0.25) is 0 Å². The number of hydrogen-bond acceptors (Lipinski definition) is 5. The van der Waals surface area contributed by atoms with Gasteiger partial charge in [0.25, 0.3) is 0 Å². The number of rotatable bonds is 5. The molecular weight excluding hydrogens is 312 g/mol. The Morgan fingerprint density at radius 3 is 3.08 bits per heavy atom. The summed E-state index contributed by atoms with van der Waals surface area (Å²) in [6.07, 6.45) is 7.89. The minimum Gasteiger partial charge on any atom is -0.347 e. The Morgan fingerprint density at radius 1 is 1.28 bits per heavy atom. The molecule has 0 radical (unpaired) electrons. The summed E-state index contributed by atoms with van der Waals surface area (Å²) in [6, 6.07) is 10.6. The second kappa shape index (κ2) is 7.03. The molecule has 0 aromatic carbocycles. The molecule has 0 spiro atoms. The van der Waals surface area contributed by atoms with Crippen molar-refractivity contribution in [3.63, 3.8) is 0 Å². The smallest absolute Gasteiger partial charge is 0.131 e. The van der Waals surface area contributed by atoms with Crippen LogP contribution in [0.2, 0.25) is 0 Å². The highest BCUT2D eigenvalue weighted by Gasteiger charge is 2.26. The van der Waals surface area contributed by atoms with Crippen LogP contribution in [0.15, 0.2) is 49.1 Å². The maximum Gasteiger partial charge on any atom is 0.131 e. The van der Waals surface area contributed by atoms with Gasteiger partial charge in [-0.05, 0) is 56.1 Å². The Kier molecular flexibility index (Phi) is 4.43. The summed E-state index contributed by atoms with van der Waals surface area (Å²) in [7, 11) is 0. The van der Waals surface area contributed by atoms with Crippen molar-refractivity contribution in [2.75, 3.05) is 11.9 Å². The number of nitrogens with zero attached hydrogens (tertiary/aromatic N) is 4. The van der Waals surface area contributed by atoms with Crippen molar-refractivity contribution >= 4 is 11.6 Å². The minimum atomic E-state index is 0.414. The van der Waals surface area contributed by atoms with Gasteiger partial charge in [-0.25, -0.2) is 15.0 Å². The Balaban J connectivity index is 1.52. The zero-order valence-electron chi connectivity index (χ0n) is 14.3. The average Bonchev–Trinajstić information content (AvgIpc) is 3.27. The molecule has 1 fully saturated rings. The van der Waals surface area contributed by atoms with Crippen LogP contribution >= 0.6 is 0 Å². The van der Waals surface area contributed by atoms with Crippen LogP contribution in [0.1, 0.15) is 35.8 Å². The predicted octanol–water partition coefficient (Wildman–Crippen LogP) is 3.59. The molecule has 6 heteroatoms. The third-order valence-electron chi connectivity index (χ3n) is 4.61. The van der Waals surface area contributed by atoms with Gasteiger partial charge in [-0.2, -0.15) is 0 Å². The predicted molar refractivity (Wildman–Crippen MR) is 97.5 cm³/mol. The van der Waals surface area contributed by atoms with E-state index in [0.29, 0.717) is 6.04 Å². The first kappa shape index (κ1) is 15.8. The minimum absolute atomic E-state index is 0.414. The summed E-state index contributed by atoms with van der Waals surface area (Å²) in [5.41, 5.74) is 3.44. The van der Waals surface area contributed by atoms with Crippen molar-refractivity contribution in [3.8, 4) is 0 Å². The second-order valence-corrected chi connectivity index (χ2v) is 6.47. The first-order valence-corrected chi connectivity index (χ1v) is 8.66. The van der Waals surface area contributed by atoms with E-state index in [1.54, 1.807) is 6.33 Å². The molecule has 2 N–H and O–H groups in total. The standard InChI is InChI=1S/C19H22N6/c1-14-4-2-6-18(23-14)24-19-10-15(7-8-21-19)17-5-3-9-25(17)12-16-11-20-13-22-16/h2,4,6-8,10-11,13,17H,3,5,9,12H2,1H3,(H,20,22)(H,21,23,24)/t17-/m1/s1. The number of aromatic nitrogens is 4. The van der Waals surface area contributed by atoms with Gasteiger partial charge >= 0.3 is 0 Å². The van der Waals surface area contributed by atoms with Gasteiger partial charge in [0.1, 0.15) is 11.6 Å². The Labute approximate surface area is 147 Å². The molecule has 0 saturated carbocycles. The summed E-state index contributed by atoms with van der Waals surface area (Å²) in [4.78, 5) is 18.8. The third-order valence-corrected chi connectivity index (χ3v) is 4.61. The van der Waals surface area contributed by atoms with Crippen molar-refractivity contribution in [1.29, 1.82) is 0 Å². The van der Waals surface area contributed by atoms with Gasteiger partial charge in [0.15, 0.2) is 0 Å². The van der Waals surface area contributed by atoms with Crippen molar-refractivity contribution < 1.29 is 0 Å². The van der Waals surface area contributed by atoms with E-state index in [0.717, 1.165) is 36.1 Å². The van der Waals surface area contributed by atoms with Gasteiger partial charge in [-0.15, -0.1) is 0 Å². The number of aryl methyl sites for hydroxylation is 1. The van der Waals surface area contributed by atoms with Gasteiger partial charge < -0.3 is 10.3 Å². The highest BCUT2D eigenvalue weighted by atomic mass is 15.2. The third kappa shape index (κ3) is 3.69. The molecule has 6 nitrogen and oxygen atoms in total. The van der Waals surface area contributed by atoms with Crippen molar-refractivity contribution in [3.05, 3.63) is 66.0 Å². The lowest BCUT2D eigenvalue weighted by Crippen LogP contribution is -2.23. The lowest BCUT2D eigenvalue weighted by molar-refractivity contribution is 0.246. The highest BCUT2D eigenvalue weighted by molar-refractivity contribution is 5.52. The molecule has 0 amide bonds. The summed E-state index contributed by atoms with van der Waals surface area (Å²) in [5.74, 6) is 1.66. The maximum atomic E-state index is 4.49. The number of H-pyrrole nitrogens is 1.